The molecule has 4 aliphatic carbocycles. The number of aliphatic hydroxyl groups excluding tert-OH is 1. The molecule has 2 aromatic rings. The van der Waals surface area contributed by atoms with Crippen LogP contribution in [-0.2, 0) is 22.6 Å². The maximum Gasteiger partial charge on any atom is 0.315 e. The maximum atomic E-state index is 12.9. The summed E-state index contributed by atoms with van der Waals surface area (Å²) in [6.07, 6.45) is 8.77. The quantitative estimate of drug-likeness (QED) is 0.311. The first-order chi connectivity index (χ1) is 20.3. The zero-order valence-electron chi connectivity index (χ0n) is 25.1. The van der Waals surface area contributed by atoms with Gasteiger partial charge in [0, 0.05) is 36.7 Å². The number of ether oxygens (including phenoxy) is 2. The third-order valence-corrected chi connectivity index (χ3v) is 10.2. The van der Waals surface area contributed by atoms with Gasteiger partial charge in [-0.1, -0.05) is 61.5 Å². The van der Waals surface area contributed by atoms with Crippen molar-refractivity contribution >= 4 is 6.03 Å². The van der Waals surface area contributed by atoms with Crippen molar-refractivity contribution < 1.29 is 19.4 Å². The fourth-order valence-electron chi connectivity index (χ4n) is 8.45. The van der Waals surface area contributed by atoms with Gasteiger partial charge in [-0.3, -0.25) is 0 Å². The molecular formula is C35H47N3O4. The lowest BCUT2D eigenvalue weighted by molar-refractivity contribution is -0.275. The predicted molar refractivity (Wildman–Crippen MR) is 163 cm³/mol. The number of nitrogens with one attached hydrogen (secondary N) is 2. The highest BCUT2D eigenvalue weighted by atomic mass is 16.7. The van der Waals surface area contributed by atoms with Crippen LogP contribution in [0.1, 0.15) is 80.1 Å². The normalized spacial score (nSPS) is 33.5. The summed E-state index contributed by atoms with van der Waals surface area (Å²) >= 11 is 0. The average Bonchev–Trinajstić information content (AvgIpc) is 2.97. The number of benzene rings is 2. The number of hydrogen-bond donors (Lipinski definition) is 3. The van der Waals surface area contributed by atoms with Crippen molar-refractivity contribution in [1.29, 1.82) is 0 Å². The minimum absolute atomic E-state index is 0.0146. The summed E-state index contributed by atoms with van der Waals surface area (Å²) in [5, 5.41) is 16.0. The van der Waals surface area contributed by atoms with Crippen molar-refractivity contribution in [1.82, 2.24) is 15.5 Å². The number of nitrogens with zero attached hydrogens (tertiary/aromatic N) is 1. The molecule has 0 spiro atoms. The van der Waals surface area contributed by atoms with Gasteiger partial charge in [0.25, 0.3) is 0 Å². The number of likely N-dealkylation sites (N-methyl/N-ethyl adjacent to an activating group) is 1. The summed E-state index contributed by atoms with van der Waals surface area (Å²) in [7, 11) is 2.08. The third kappa shape index (κ3) is 6.45. The fourth-order valence-corrected chi connectivity index (χ4v) is 8.45. The summed E-state index contributed by atoms with van der Waals surface area (Å²) in [5.74, 6) is 2.54. The molecule has 0 aromatic heterocycles. The summed E-state index contributed by atoms with van der Waals surface area (Å²) in [5.41, 5.74) is 3.98. The molecule has 5 fully saturated rings. The Kier molecular flexibility index (Phi) is 8.73. The van der Waals surface area contributed by atoms with E-state index in [1.807, 2.05) is 42.5 Å². The van der Waals surface area contributed by atoms with Crippen LogP contribution in [0.25, 0.3) is 0 Å². The largest absolute Gasteiger partial charge is 0.392 e. The molecule has 3 N–H and O–H groups in total. The molecule has 4 atom stereocenters. The standard InChI is InChI=1S/C35H47N3O4/c1-4-13-38(3)21-31-23(2)32(29-9-7-25(22-39)8-10-29)42-33(41-31)30-11-5-24(6-12-30)20-36-34(40)37-35-17-26-14-27(18-35)16-28(15-26)19-35/h4-12,23,26-28,31-33,39H,1,13-22H2,2-3H3,(H2,36,37,40)/t23-,26?,27?,28?,31+,32+,33+,35?/m1/s1. The molecule has 5 aliphatic rings. The highest BCUT2D eigenvalue weighted by Crippen LogP contribution is 2.55. The molecule has 0 radical (unpaired) electrons. The Labute approximate surface area is 250 Å². The molecule has 2 amide bonds. The molecular weight excluding hydrogens is 526 g/mol. The van der Waals surface area contributed by atoms with Crippen LogP contribution in [0.2, 0.25) is 0 Å². The number of carbonyl (C=O) groups is 1. The lowest BCUT2D eigenvalue weighted by atomic mass is 9.53. The zero-order chi connectivity index (χ0) is 29.3. The Morgan fingerprint density at radius 3 is 2.17 bits per heavy atom. The zero-order valence-corrected chi connectivity index (χ0v) is 25.1. The van der Waals surface area contributed by atoms with Crippen LogP contribution in [0.5, 0.6) is 0 Å². The van der Waals surface area contributed by atoms with Gasteiger partial charge in [-0.2, -0.15) is 0 Å². The smallest absolute Gasteiger partial charge is 0.315 e. The minimum Gasteiger partial charge on any atom is -0.392 e. The van der Waals surface area contributed by atoms with Gasteiger partial charge in [-0.25, -0.2) is 4.79 Å². The molecule has 1 heterocycles. The van der Waals surface area contributed by atoms with E-state index in [-0.39, 0.29) is 36.3 Å². The van der Waals surface area contributed by atoms with Gasteiger partial charge in [0.15, 0.2) is 6.29 Å². The Hall–Kier alpha value is -2.71. The molecule has 1 aliphatic heterocycles. The maximum absolute atomic E-state index is 12.9. The summed E-state index contributed by atoms with van der Waals surface area (Å²) in [4.78, 5) is 15.2. The highest BCUT2D eigenvalue weighted by molar-refractivity contribution is 5.75. The van der Waals surface area contributed by atoms with E-state index in [2.05, 4.69) is 48.2 Å². The number of rotatable bonds is 10. The molecule has 0 unspecified atom stereocenters. The number of hydrogen-bond acceptors (Lipinski definition) is 5. The van der Waals surface area contributed by atoms with Crippen molar-refractivity contribution in [2.75, 3.05) is 20.1 Å². The van der Waals surface area contributed by atoms with Gasteiger partial charge in [-0.15, -0.1) is 6.58 Å². The molecule has 2 aromatic carbocycles. The predicted octanol–water partition coefficient (Wildman–Crippen LogP) is 5.86. The van der Waals surface area contributed by atoms with Crippen LogP contribution < -0.4 is 10.6 Å². The van der Waals surface area contributed by atoms with Crippen molar-refractivity contribution in [3.05, 3.63) is 83.4 Å². The molecule has 226 valence electrons. The minimum atomic E-state index is -0.507. The monoisotopic (exact) mass is 573 g/mol. The lowest BCUT2D eigenvalue weighted by Gasteiger charge is -2.56. The van der Waals surface area contributed by atoms with E-state index in [0.29, 0.717) is 6.54 Å². The fraction of sp³-hybridized carbons (Fsp3) is 0.571. The number of urea groups is 1. The van der Waals surface area contributed by atoms with Crippen LogP contribution in [0.4, 0.5) is 4.79 Å². The van der Waals surface area contributed by atoms with E-state index in [1.54, 1.807) is 0 Å². The molecule has 4 bridgehead atoms. The first-order valence-electron chi connectivity index (χ1n) is 15.8. The summed E-state index contributed by atoms with van der Waals surface area (Å²) < 4.78 is 13.1. The van der Waals surface area contributed by atoms with Crippen molar-refractivity contribution in [2.24, 2.45) is 23.7 Å². The molecule has 7 heteroatoms. The Balaban J connectivity index is 1.09. The highest BCUT2D eigenvalue weighted by Gasteiger charge is 2.51. The van der Waals surface area contributed by atoms with E-state index >= 15 is 0 Å². The number of aliphatic hydroxyl groups is 1. The molecule has 7 rings (SSSR count). The van der Waals surface area contributed by atoms with Gasteiger partial charge in [0.2, 0.25) is 0 Å². The van der Waals surface area contributed by atoms with Gasteiger partial charge in [-0.05, 0) is 80.0 Å². The summed E-state index contributed by atoms with van der Waals surface area (Å²) in [6.45, 7) is 8.11. The van der Waals surface area contributed by atoms with Crippen molar-refractivity contribution in [3.8, 4) is 0 Å². The Bertz CT molecular complexity index is 1190. The van der Waals surface area contributed by atoms with Crippen molar-refractivity contribution in [2.45, 2.75) is 82.6 Å². The van der Waals surface area contributed by atoms with Crippen LogP contribution in [0.15, 0.2) is 61.2 Å². The third-order valence-electron chi connectivity index (χ3n) is 10.2. The first-order valence-corrected chi connectivity index (χ1v) is 15.8. The molecule has 7 nitrogen and oxygen atoms in total. The van der Waals surface area contributed by atoms with Crippen LogP contribution in [-0.4, -0.2) is 47.8 Å². The van der Waals surface area contributed by atoms with Crippen LogP contribution in [0.3, 0.4) is 0 Å². The van der Waals surface area contributed by atoms with E-state index < -0.39 is 6.29 Å². The summed E-state index contributed by atoms with van der Waals surface area (Å²) in [6, 6.07) is 16.1. The average molecular weight is 574 g/mol. The molecule has 42 heavy (non-hydrogen) atoms. The van der Waals surface area contributed by atoms with E-state index in [1.165, 1.54) is 19.3 Å². The SMILES string of the molecule is C=CCN(C)C[C@@H]1O[C@H](c2ccc(CNC(=O)NC34CC5CC(CC(C5)C3)C4)cc2)O[C@H](c2ccc(CO)cc2)[C@@H]1C. The second-order valence-electron chi connectivity index (χ2n) is 13.6. The first kappa shape index (κ1) is 29.4. The number of carbonyl (C=O) groups excluding carboxylic acids is 1. The topological polar surface area (TPSA) is 83.1 Å². The van der Waals surface area contributed by atoms with E-state index in [0.717, 1.165) is 72.4 Å². The second-order valence-corrected chi connectivity index (χ2v) is 13.6. The van der Waals surface area contributed by atoms with E-state index in [9.17, 15) is 9.90 Å². The molecule has 1 saturated heterocycles. The van der Waals surface area contributed by atoms with Crippen LogP contribution in [0, 0.1) is 23.7 Å². The Morgan fingerprint density at radius 2 is 1.57 bits per heavy atom. The van der Waals surface area contributed by atoms with Crippen LogP contribution >= 0.6 is 0 Å². The van der Waals surface area contributed by atoms with E-state index in [4.69, 9.17) is 9.47 Å². The number of amides is 2. The van der Waals surface area contributed by atoms with Gasteiger partial charge in [0.1, 0.15) is 0 Å². The van der Waals surface area contributed by atoms with Gasteiger partial charge in [0.05, 0.1) is 18.8 Å². The van der Waals surface area contributed by atoms with Gasteiger partial charge >= 0.3 is 6.03 Å². The van der Waals surface area contributed by atoms with Gasteiger partial charge < -0.3 is 30.1 Å². The molecule has 4 saturated carbocycles. The Morgan fingerprint density at radius 1 is 0.976 bits per heavy atom. The second kappa shape index (κ2) is 12.5. The van der Waals surface area contributed by atoms with Crippen molar-refractivity contribution in [3.63, 3.8) is 0 Å². The lowest BCUT2D eigenvalue weighted by Crippen LogP contribution is -2.61.